The van der Waals surface area contributed by atoms with Gasteiger partial charge in [0.05, 0.1) is 17.7 Å². The number of amides is 1. The summed E-state index contributed by atoms with van der Waals surface area (Å²) in [7, 11) is 0. The van der Waals surface area contributed by atoms with Gasteiger partial charge in [-0.05, 0) is 0 Å². The minimum Gasteiger partial charge on any atom is -0.480 e. The van der Waals surface area contributed by atoms with E-state index in [2.05, 4.69) is 4.98 Å². The number of carbonyl (C=O) groups is 2. The Hall–Kier alpha value is -2.42. The molecule has 0 radical (unpaired) electrons. The molecule has 0 aromatic carbocycles. The molecule has 0 aliphatic carbocycles. The van der Waals surface area contributed by atoms with E-state index in [0.717, 1.165) is 12.3 Å². The Morgan fingerprint density at radius 3 is 2.65 bits per heavy atom. The maximum atomic E-state index is 11.4. The summed E-state index contributed by atoms with van der Waals surface area (Å²) in [4.78, 5) is 33.9. The monoisotopic (exact) mass is 243 g/mol. The van der Waals surface area contributed by atoms with Gasteiger partial charge in [-0.3, -0.25) is 14.9 Å². The second-order valence-electron chi connectivity index (χ2n) is 3.08. The third-order valence-corrected chi connectivity index (χ3v) is 1.91. The van der Waals surface area contributed by atoms with Gasteiger partial charge in [0.2, 0.25) is 0 Å². The molecule has 9 nitrogen and oxygen atoms in total. The minimum absolute atomic E-state index is 0.156. The third kappa shape index (κ3) is 3.01. The lowest BCUT2D eigenvalue weighted by atomic mass is 10.3. The van der Waals surface area contributed by atoms with Crippen LogP contribution in [-0.2, 0) is 4.79 Å². The highest BCUT2D eigenvalue weighted by Gasteiger charge is 2.21. The second-order valence-corrected chi connectivity index (χ2v) is 3.08. The fourth-order valence-corrected chi connectivity index (χ4v) is 1.04. The van der Waals surface area contributed by atoms with E-state index in [1.165, 1.54) is 0 Å². The number of aromatic nitrogens is 1. The van der Waals surface area contributed by atoms with Crippen molar-refractivity contribution < 1.29 is 24.7 Å². The van der Waals surface area contributed by atoms with Crippen molar-refractivity contribution in [2.45, 2.75) is 6.04 Å². The highest BCUT2D eigenvalue weighted by atomic mass is 16.6. The summed E-state index contributed by atoms with van der Waals surface area (Å²) in [6.07, 6.45) is 1.00. The number of hydrogen-bond acceptors (Lipinski definition) is 5. The van der Waals surface area contributed by atoms with Gasteiger partial charge in [0.25, 0.3) is 11.6 Å². The average Bonchev–Trinajstić information content (AvgIpc) is 2.74. The molecule has 92 valence electrons. The first-order valence-corrected chi connectivity index (χ1v) is 4.43. The van der Waals surface area contributed by atoms with E-state index in [-0.39, 0.29) is 11.4 Å². The maximum absolute atomic E-state index is 11.4. The van der Waals surface area contributed by atoms with Crippen LogP contribution in [0.25, 0.3) is 0 Å². The van der Waals surface area contributed by atoms with Gasteiger partial charge in [-0.2, -0.15) is 0 Å². The molecule has 0 saturated carbocycles. The molecule has 0 bridgehead atoms. The highest BCUT2D eigenvalue weighted by molar-refractivity contribution is 5.95. The summed E-state index contributed by atoms with van der Waals surface area (Å²) in [6.45, 7) is -0.774. The number of aliphatic hydroxyl groups is 1. The van der Waals surface area contributed by atoms with Gasteiger partial charge in [0.1, 0.15) is 5.69 Å². The molecule has 1 heterocycles. The van der Waals surface area contributed by atoms with Crippen molar-refractivity contribution >= 4 is 17.6 Å². The van der Waals surface area contributed by atoms with Crippen molar-refractivity contribution in [3.05, 3.63) is 28.1 Å². The summed E-state index contributed by atoms with van der Waals surface area (Å²) in [5.41, 5.74) is -0.470. The molecule has 0 spiro atoms. The number of nitrogens with zero attached hydrogens (tertiary/aromatic N) is 1. The molecule has 1 rings (SSSR count). The number of H-pyrrole nitrogens is 1. The van der Waals surface area contributed by atoms with Gasteiger partial charge in [0.15, 0.2) is 6.04 Å². The molecule has 1 aromatic rings. The quantitative estimate of drug-likeness (QED) is 0.389. The van der Waals surface area contributed by atoms with Gasteiger partial charge in [0, 0.05) is 6.07 Å². The number of hydrogen-bond donors (Lipinski definition) is 4. The Labute approximate surface area is 94.2 Å². The molecule has 9 heteroatoms. The number of aliphatic hydroxyl groups excluding tert-OH is 1. The molecule has 0 aliphatic heterocycles. The molecule has 0 unspecified atom stereocenters. The SMILES string of the molecule is O=C(N[C@H](CO)C(=O)O)c1cc([N+](=O)[O-])c[nH]1. The molecular formula is C8H9N3O6. The van der Waals surface area contributed by atoms with Crippen LogP contribution in [0, 0.1) is 10.1 Å². The lowest BCUT2D eigenvalue weighted by Gasteiger charge is -2.10. The number of carboxylic acids is 1. The number of nitro groups is 1. The molecule has 0 aliphatic rings. The Balaban J connectivity index is 2.75. The summed E-state index contributed by atoms with van der Waals surface area (Å²) in [5, 5.41) is 29.6. The lowest BCUT2D eigenvalue weighted by Crippen LogP contribution is -2.43. The van der Waals surface area contributed by atoms with Crippen molar-refractivity contribution in [3.63, 3.8) is 0 Å². The van der Waals surface area contributed by atoms with Crippen LogP contribution in [0.2, 0.25) is 0 Å². The minimum atomic E-state index is -1.45. The van der Waals surface area contributed by atoms with Gasteiger partial charge >= 0.3 is 5.97 Å². The Morgan fingerprint density at radius 1 is 1.59 bits per heavy atom. The van der Waals surface area contributed by atoms with Crippen molar-refractivity contribution in [1.29, 1.82) is 0 Å². The van der Waals surface area contributed by atoms with Gasteiger partial charge in [-0.25, -0.2) is 4.79 Å². The Kier molecular flexibility index (Phi) is 3.78. The summed E-state index contributed by atoms with van der Waals surface area (Å²) >= 11 is 0. The van der Waals surface area contributed by atoms with Gasteiger partial charge < -0.3 is 20.5 Å². The third-order valence-electron chi connectivity index (χ3n) is 1.91. The van der Waals surface area contributed by atoms with E-state index in [4.69, 9.17) is 10.2 Å². The van der Waals surface area contributed by atoms with E-state index in [9.17, 15) is 19.7 Å². The van der Waals surface area contributed by atoms with Crippen molar-refractivity contribution in [1.82, 2.24) is 10.3 Å². The van der Waals surface area contributed by atoms with Crippen LogP contribution in [0.1, 0.15) is 10.5 Å². The largest absolute Gasteiger partial charge is 0.480 e. The maximum Gasteiger partial charge on any atom is 0.328 e. The van der Waals surface area contributed by atoms with Crippen molar-refractivity contribution in [3.8, 4) is 0 Å². The molecule has 0 fully saturated rings. The number of aliphatic carboxylic acids is 1. The second kappa shape index (κ2) is 5.07. The molecule has 1 aromatic heterocycles. The first-order valence-electron chi connectivity index (χ1n) is 4.43. The van der Waals surface area contributed by atoms with E-state index < -0.39 is 29.4 Å². The molecule has 1 atom stereocenters. The van der Waals surface area contributed by atoms with Gasteiger partial charge in [-0.1, -0.05) is 0 Å². The van der Waals surface area contributed by atoms with E-state index in [1.54, 1.807) is 0 Å². The Morgan fingerprint density at radius 2 is 2.24 bits per heavy atom. The van der Waals surface area contributed by atoms with E-state index >= 15 is 0 Å². The topological polar surface area (TPSA) is 146 Å². The zero-order valence-corrected chi connectivity index (χ0v) is 8.41. The fraction of sp³-hybridized carbons (Fsp3) is 0.250. The number of carbonyl (C=O) groups excluding carboxylic acids is 1. The van der Waals surface area contributed by atoms with Crippen LogP contribution in [0.15, 0.2) is 12.3 Å². The van der Waals surface area contributed by atoms with Crippen molar-refractivity contribution in [2.75, 3.05) is 6.61 Å². The molecule has 4 N–H and O–H groups in total. The zero-order valence-electron chi connectivity index (χ0n) is 8.41. The van der Waals surface area contributed by atoms with Crippen LogP contribution in [0.3, 0.4) is 0 Å². The predicted octanol–water partition coefficient (Wildman–Crippen LogP) is -0.902. The average molecular weight is 243 g/mol. The van der Waals surface area contributed by atoms with Crippen LogP contribution < -0.4 is 5.32 Å². The fourth-order valence-electron chi connectivity index (χ4n) is 1.04. The first-order chi connectivity index (χ1) is 7.95. The van der Waals surface area contributed by atoms with Gasteiger partial charge in [-0.15, -0.1) is 0 Å². The Bertz CT molecular complexity index is 454. The van der Waals surface area contributed by atoms with Crippen LogP contribution >= 0.6 is 0 Å². The number of aromatic amines is 1. The predicted molar refractivity (Wildman–Crippen MR) is 53.4 cm³/mol. The standard InChI is InChI=1S/C8H9N3O6/c12-3-6(8(14)15)10-7(13)5-1-4(2-9-5)11(16)17/h1-2,6,9,12H,3H2,(H,10,13)(H,14,15)/t6-/m1/s1. The number of nitrogens with one attached hydrogen (secondary N) is 2. The summed E-state index contributed by atoms with van der Waals surface area (Å²) < 4.78 is 0. The van der Waals surface area contributed by atoms with E-state index in [1.807, 2.05) is 5.32 Å². The summed E-state index contributed by atoms with van der Waals surface area (Å²) in [5.74, 6) is -2.25. The lowest BCUT2D eigenvalue weighted by molar-refractivity contribution is -0.384. The molecular weight excluding hydrogens is 234 g/mol. The van der Waals surface area contributed by atoms with Crippen LogP contribution in [-0.4, -0.2) is 44.6 Å². The van der Waals surface area contributed by atoms with Crippen LogP contribution in [0.4, 0.5) is 5.69 Å². The normalized spacial score (nSPS) is 11.8. The highest BCUT2D eigenvalue weighted by Crippen LogP contribution is 2.11. The molecule has 1 amide bonds. The smallest absolute Gasteiger partial charge is 0.328 e. The van der Waals surface area contributed by atoms with E-state index in [0.29, 0.717) is 0 Å². The van der Waals surface area contributed by atoms with Crippen molar-refractivity contribution in [2.24, 2.45) is 0 Å². The summed E-state index contributed by atoms with van der Waals surface area (Å²) in [6, 6.07) is -0.490. The molecule has 17 heavy (non-hydrogen) atoms. The zero-order chi connectivity index (χ0) is 13.0. The van der Waals surface area contributed by atoms with Crippen LogP contribution in [0.5, 0.6) is 0 Å². The number of carboxylic acid groups (broad SMARTS) is 1. The first kappa shape index (κ1) is 12.6. The number of rotatable bonds is 5. The molecule has 0 saturated heterocycles.